The molecule has 1 aliphatic heterocycles. The number of carbonyl (C=O) groups excluding carboxylic acids is 2. The van der Waals surface area contributed by atoms with Crippen LogP contribution in [0.15, 0.2) is 72.8 Å². The lowest BCUT2D eigenvalue weighted by Gasteiger charge is -2.29. The van der Waals surface area contributed by atoms with Gasteiger partial charge in [0, 0.05) is 25.9 Å². The monoisotopic (exact) mass is 446 g/mol. The summed E-state index contributed by atoms with van der Waals surface area (Å²) in [6.07, 6.45) is 1.18. The van der Waals surface area contributed by atoms with Gasteiger partial charge in [0.2, 0.25) is 5.91 Å². The molecule has 1 heterocycles. The highest BCUT2D eigenvalue weighted by Crippen LogP contribution is 2.22. The fraction of sp³-hybridized carbons (Fsp3) is 0.259. The number of amides is 2. The maximum atomic E-state index is 13.6. The molecule has 0 radical (unpaired) electrons. The number of ether oxygens (including phenoxy) is 1. The molecule has 33 heavy (non-hydrogen) atoms. The minimum Gasteiger partial charge on any atom is -0.375 e. The maximum absolute atomic E-state index is 13.6. The smallest absolute Gasteiger partial charge is 0.253 e. The van der Waals surface area contributed by atoms with Crippen LogP contribution in [0.4, 0.5) is 10.1 Å². The lowest BCUT2D eigenvalue weighted by molar-refractivity contribution is -0.131. The molecular weight excluding hydrogens is 419 g/mol. The summed E-state index contributed by atoms with van der Waals surface area (Å²) in [4.78, 5) is 29.0. The van der Waals surface area contributed by atoms with Gasteiger partial charge in [-0.3, -0.25) is 9.59 Å². The van der Waals surface area contributed by atoms with Crippen molar-refractivity contribution in [1.29, 1.82) is 0 Å². The van der Waals surface area contributed by atoms with E-state index >= 15 is 0 Å². The number of hydrogen-bond donors (Lipinski definition) is 0. The second-order valence-corrected chi connectivity index (χ2v) is 8.22. The van der Waals surface area contributed by atoms with Crippen LogP contribution in [0.25, 0.3) is 0 Å². The Hall–Kier alpha value is -3.51. The molecular formula is C27H27FN2O3. The molecule has 0 aliphatic carbocycles. The summed E-state index contributed by atoms with van der Waals surface area (Å²) in [6, 6.07) is 21.8. The second-order valence-electron chi connectivity index (χ2n) is 8.22. The van der Waals surface area contributed by atoms with Crippen LogP contribution in [0.2, 0.25) is 0 Å². The zero-order valence-electron chi connectivity index (χ0n) is 18.7. The van der Waals surface area contributed by atoms with Crippen LogP contribution in [0.5, 0.6) is 0 Å². The van der Waals surface area contributed by atoms with E-state index in [0.29, 0.717) is 24.2 Å². The minimum atomic E-state index is -0.346. The van der Waals surface area contributed by atoms with Gasteiger partial charge in [0.05, 0.1) is 13.0 Å². The summed E-state index contributed by atoms with van der Waals surface area (Å²) in [5, 5.41) is 0. The van der Waals surface area contributed by atoms with Crippen LogP contribution in [-0.2, 0) is 40.3 Å². The highest BCUT2D eigenvalue weighted by atomic mass is 19.1. The van der Waals surface area contributed by atoms with Gasteiger partial charge in [-0.25, -0.2) is 4.39 Å². The largest absolute Gasteiger partial charge is 0.375 e. The first-order chi connectivity index (χ1) is 16.0. The molecule has 0 saturated carbocycles. The van der Waals surface area contributed by atoms with Gasteiger partial charge in [-0.2, -0.15) is 0 Å². The fourth-order valence-electron chi connectivity index (χ4n) is 4.13. The molecule has 0 unspecified atom stereocenters. The van der Waals surface area contributed by atoms with Crippen LogP contribution in [-0.4, -0.2) is 37.0 Å². The van der Waals surface area contributed by atoms with Gasteiger partial charge in [-0.1, -0.05) is 48.5 Å². The van der Waals surface area contributed by atoms with Gasteiger partial charge >= 0.3 is 0 Å². The summed E-state index contributed by atoms with van der Waals surface area (Å²) in [5.74, 6) is -0.484. The van der Waals surface area contributed by atoms with Crippen LogP contribution >= 0.6 is 0 Å². The number of hydrogen-bond acceptors (Lipinski definition) is 3. The quantitative estimate of drug-likeness (QED) is 0.548. The first kappa shape index (κ1) is 22.7. The van der Waals surface area contributed by atoms with Gasteiger partial charge in [0.25, 0.3) is 5.91 Å². The third kappa shape index (κ3) is 5.65. The summed E-state index contributed by atoms with van der Waals surface area (Å²) < 4.78 is 18.6. The SMILES string of the molecule is COCC(=O)N(Cc1cccc(F)c1)c1ccc(CC(=O)N2CCc3ccccc3C2)cc1. The maximum Gasteiger partial charge on any atom is 0.253 e. The molecule has 0 fully saturated rings. The van der Waals surface area contributed by atoms with Gasteiger partial charge in [-0.05, 0) is 52.9 Å². The van der Waals surface area contributed by atoms with E-state index in [1.165, 1.54) is 30.4 Å². The predicted molar refractivity (Wildman–Crippen MR) is 125 cm³/mol. The molecule has 5 nitrogen and oxygen atoms in total. The minimum absolute atomic E-state index is 0.0774. The van der Waals surface area contributed by atoms with Crippen molar-refractivity contribution in [2.24, 2.45) is 0 Å². The van der Waals surface area contributed by atoms with Crippen molar-refractivity contribution < 1.29 is 18.7 Å². The number of anilines is 1. The van der Waals surface area contributed by atoms with E-state index in [4.69, 9.17) is 4.74 Å². The Labute approximate surface area is 193 Å². The Morgan fingerprint density at radius 1 is 0.970 bits per heavy atom. The average molecular weight is 447 g/mol. The number of nitrogens with zero attached hydrogens (tertiary/aromatic N) is 2. The molecule has 0 bridgehead atoms. The van der Waals surface area contributed by atoms with Crippen LogP contribution < -0.4 is 4.90 Å². The number of carbonyl (C=O) groups is 2. The third-order valence-corrected chi connectivity index (χ3v) is 5.89. The molecule has 2 amide bonds. The van der Waals surface area contributed by atoms with Crippen molar-refractivity contribution >= 4 is 17.5 Å². The van der Waals surface area contributed by atoms with Crippen molar-refractivity contribution in [3.8, 4) is 0 Å². The Balaban J connectivity index is 1.45. The van der Waals surface area contributed by atoms with E-state index in [0.717, 1.165) is 18.5 Å². The van der Waals surface area contributed by atoms with Gasteiger partial charge in [0.1, 0.15) is 12.4 Å². The molecule has 6 heteroatoms. The molecule has 0 N–H and O–H groups in total. The topological polar surface area (TPSA) is 49.9 Å². The summed E-state index contributed by atoms with van der Waals surface area (Å²) >= 11 is 0. The molecule has 0 spiro atoms. The molecule has 0 aromatic heterocycles. The van der Waals surface area contributed by atoms with Crippen LogP contribution in [0.1, 0.15) is 22.3 Å². The summed E-state index contributed by atoms with van der Waals surface area (Å²) in [6.45, 7) is 1.51. The number of benzene rings is 3. The average Bonchev–Trinajstić information content (AvgIpc) is 2.83. The summed E-state index contributed by atoms with van der Waals surface area (Å²) in [7, 11) is 1.46. The predicted octanol–water partition coefficient (Wildman–Crippen LogP) is 4.13. The Morgan fingerprint density at radius 3 is 2.45 bits per heavy atom. The van der Waals surface area contributed by atoms with Crippen LogP contribution in [0.3, 0.4) is 0 Å². The van der Waals surface area contributed by atoms with Crippen molar-refractivity contribution in [2.75, 3.05) is 25.2 Å². The van der Waals surface area contributed by atoms with E-state index < -0.39 is 0 Å². The number of rotatable bonds is 7. The Kier molecular flexibility index (Phi) is 7.15. The lowest BCUT2D eigenvalue weighted by atomic mass is 9.99. The highest BCUT2D eigenvalue weighted by molar-refractivity contribution is 5.94. The second kappa shape index (κ2) is 10.4. The Bertz CT molecular complexity index is 1130. The molecule has 0 atom stereocenters. The first-order valence-corrected chi connectivity index (χ1v) is 11.0. The number of methoxy groups -OCH3 is 1. The molecule has 1 aliphatic rings. The van der Waals surface area contributed by atoms with Gasteiger partial charge < -0.3 is 14.5 Å². The number of halogens is 1. The van der Waals surface area contributed by atoms with Gasteiger partial charge in [0.15, 0.2) is 0 Å². The lowest BCUT2D eigenvalue weighted by Crippen LogP contribution is -2.36. The van der Waals surface area contributed by atoms with Crippen molar-refractivity contribution in [3.63, 3.8) is 0 Å². The standard InChI is InChI=1S/C27H27FN2O3/c1-33-19-27(32)30(17-21-5-4-8-24(28)15-21)25-11-9-20(10-12-25)16-26(31)29-14-13-22-6-2-3-7-23(22)18-29/h2-12,15H,13-14,16-19H2,1H3. The van der Waals surface area contributed by atoms with E-state index in [2.05, 4.69) is 12.1 Å². The number of fused-ring (bicyclic) bond motifs is 1. The normalized spacial score (nSPS) is 12.8. The third-order valence-electron chi connectivity index (χ3n) is 5.89. The zero-order chi connectivity index (χ0) is 23.2. The highest BCUT2D eigenvalue weighted by Gasteiger charge is 2.21. The van der Waals surface area contributed by atoms with E-state index in [-0.39, 0.29) is 30.8 Å². The van der Waals surface area contributed by atoms with Gasteiger partial charge in [-0.15, -0.1) is 0 Å². The van der Waals surface area contributed by atoms with Crippen molar-refractivity contribution in [1.82, 2.24) is 4.90 Å². The first-order valence-electron chi connectivity index (χ1n) is 11.0. The van der Waals surface area contributed by atoms with Crippen molar-refractivity contribution in [3.05, 3.63) is 101 Å². The zero-order valence-corrected chi connectivity index (χ0v) is 18.7. The summed E-state index contributed by atoms with van der Waals surface area (Å²) in [5.41, 5.74) is 4.75. The van der Waals surface area contributed by atoms with E-state index in [1.807, 2.05) is 41.3 Å². The van der Waals surface area contributed by atoms with Crippen LogP contribution in [0, 0.1) is 5.82 Å². The molecule has 3 aromatic carbocycles. The molecule has 170 valence electrons. The molecule has 4 rings (SSSR count). The van der Waals surface area contributed by atoms with E-state index in [1.54, 1.807) is 17.0 Å². The fourth-order valence-corrected chi connectivity index (χ4v) is 4.13. The molecule has 0 saturated heterocycles. The van der Waals surface area contributed by atoms with E-state index in [9.17, 15) is 14.0 Å². The Morgan fingerprint density at radius 2 is 1.73 bits per heavy atom. The van der Waals surface area contributed by atoms with Crippen molar-refractivity contribution in [2.45, 2.75) is 25.9 Å². The molecule has 3 aromatic rings.